The Balaban J connectivity index is 1.96. The Hall–Kier alpha value is -1.64. The van der Waals surface area contributed by atoms with Crippen LogP contribution in [0, 0.1) is 0 Å². The van der Waals surface area contributed by atoms with Crippen molar-refractivity contribution in [2.45, 2.75) is 24.9 Å². The van der Waals surface area contributed by atoms with Crippen LogP contribution in [0.15, 0.2) is 0 Å². The number of likely N-dealkylation sites (tertiary alicyclic amines) is 1. The van der Waals surface area contributed by atoms with E-state index in [4.69, 9.17) is 11.5 Å². The first-order valence-corrected chi connectivity index (χ1v) is 5.89. The van der Waals surface area contributed by atoms with Crippen molar-refractivity contribution in [2.75, 3.05) is 31.1 Å². The van der Waals surface area contributed by atoms with Crippen LogP contribution in [0.25, 0.3) is 0 Å². The highest BCUT2D eigenvalue weighted by Crippen LogP contribution is 2.28. The van der Waals surface area contributed by atoms with E-state index >= 15 is 0 Å². The minimum Gasteiger partial charge on any atom is -0.368 e. The largest absolute Gasteiger partial charge is 0.401 e. The lowest BCUT2D eigenvalue weighted by Crippen LogP contribution is -2.39. The van der Waals surface area contributed by atoms with Crippen LogP contribution in [0.2, 0.25) is 0 Å². The summed E-state index contributed by atoms with van der Waals surface area (Å²) in [4.78, 5) is 13.0. The fourth-order valence-corrected chi connectivity index (χ4v) is 2.21. The molecule has 6 nitrogen and oxygen atoms in total. The Morgan fingerprint density at radius 1 is 1.05 bits per heavy atom. The number of rotatable bonds is 2. The van der Waals surface area contributed by atoms with Gasteiger partial charge < -0.3 is 11.5 Å². The molecule has 0 unspecified atom stereocenters. The third-order valence-electron chi connectivity index (χ3n) is 3.04. The molecule has 0 amide bonds. The molecule has 0 aliphatic carbocycles. The Labute approximate surface area is 108 Å². The molecule has 1 aromatic rings. The minimum atomic E-state index is -4.16. The second-order valence-electron chi connectivity index (χ2n) is 4.58. The number of anilines is 2. The van der Waals surface area contributed by atoms with Gasteiger partial charge in [0.1, 0.15) is 5.82 Å². The summed E-state index contributed by atoms with van der Waals surface area (Å²) < 4.78 is 36.8. The molecule has 106 valence electrons. The lowest BCUT2D eigenvalue weighted by Gasteiger charge is -2.31. The second-order valence-corrected chi connectivity index (χ2v) is 4.58. The predicted octanol–water partition coefficient (Wildman–Crippen LogP) is 0.778. The summed E-state index contributed by atoms with van der Waals surface area (Å²) in [5, 5.41) is 0. The maximum atomic E-state index is 12.3. The monoisotopic (exact) mass is 276 g/mol. The zero-order valence-corrected chi connectivity index (χ0v) is 10.2. The normalized spacial score (nSPS) is 18.7. The molecule has 9 heteroatoms. The highest BCUT2D eigenvalue weighted by atomic mass is 19.4. The second kappa shape index (κ2) is 5.16. The number of halogens is 3. The van der Waals surface area contributed by atoms with Crippen LogP contribution in [-0.4, -0.2) is 45.7 Å². The van der Waals surface area contributed by atoms with Crippen LogP contribution < -0.4 is 11.5 Å². The van der Waals surface area contributed by atoms with Crippen LogP contribution in [0.1, 0.15) is 24.6 Å². The van der Waals surface area contributed by atoms with Crippen LogP contribution in [0.5, 0.6) is 0 Å². The summed E-state index contributed by atoms with van der Waals surface area (Å²) in [6.07, 6.45) is -3.05. The van der Waals surface area contributed by atoms with E-state index in [-0.39, 0.29) is 17.8 Å². The lowest BCUT2D eigenvalue weighted by atomic mass is 9.96. The van der Waals surface area contributed by atoms with E-state index in [1.165, 1.54) is 4.90 Å². The fourth-order valence-electron chi connectivity index (χ4n) is 2.21. The number of aromatic nitrogens is 3. The fraction of sp³-hybridized carbons (Fsp3) is 0.700. The van der Waals surface area contributed by atoms with E-state index in [1.807, 2.05) is 0 Å². The number of nitrogen functional groups attached to an aromatic ring is 2. The first-order valence-electron chi connectivity index (χ1n) is 5.89. The van der Waals surface area contributed by atoms with Crippen molar-refractivity contribution < 1.29 is 13.2 Å². The number of hydrogen-bond acceptors (Lipinski definition) is 6. The molecule has 1 fully saturated rings. The summed E-state index contributed by atoms with van der Waals surface area (Å²) >= 11 is 0. The van der Waals surface area contributed by atoms with Gasteiger partial charge >= 0.3 is 6.18 Å². The third-order valence-corrected chi connectivity index (χ3v) is 3.04. The van der Waals surface area contributed by atoms with Crippen LogP contribution in [0.4, 0.5) is 25.1 Å². The van der Waals surface area contributed by atoms with E-state index in [1.54, 1.807) is 0 Å². The lowest BCUT2D eigenvalue weighted by molar-refractivity contribution is -0.148. The molecule has 0 atom stereocenters. The van der Waals surface area contributed by atoms with Crippen molar-refractivity contribution in [3.8, 4) is 0 Å². The quantitative estimate of drug-likeness (QED) is 0.829. The zero-order valence-electron chi connectivity index (χ0n) is 10.2. The average Bonchev–Trinajstić information content (AvgIpc) is 2.26. The molecular weight excluding hydrogens is 261 g/mol. The van der Waals surface area contributed by atoms with Gasteiger partial charge in [0.2, 0.25) is 11.9 Å². The number of hydrogen-bond donors (Lipinski definition) is 2. The van der Waals surface area contributed by atoms with Gasteiger partial charge in [-0.1, -0.05) is 0 Å². The first kappa shape index (κ1) is 13.8. The summed E-state index contributed by atoms with van der Waals surface area (Å²) in [5.74, 6) is 0.536. The summed E-state index contributed by atoms with van der Waals surface area (Å²) in [6.45, 7) is -0.160. The molecule has 2 rings (SSSR count). The highest BCUT2D eigenvalue weighted by molar-refractivity contribution is 5.27. The summed E-state index contributed by atoms with van der Waals surface area (Å²) in [7, 11) is 0. The first-order chi connectivity index (χ1) is 8.83. The van der Waals surface area contributed by atoms with E-state index in [2.05, 4.69) is 15.0 Å². The van der Waals surface area contributed by atoms with Crippen molar-refractivity contribution in [3.63, 3.8) is 0 Å². The maximum absolute atomic E-state index is 12.3. The van der Waals surface area contributed by atoms with Crippen LogP contribution in [-0.2, 0) is 0 Å². The molecule has 0 saturated carbocycles. The molecule has 4 N–H and O–H groups in total. The predicted molar refractivity (Wildman–Crippen MR) is 63.1 cm³/mol. The van der Waals surface area contributed by atoms with Gasteiger partial charge in [-0.15, -0.1) is 0 Å². The highest BCUT2D eigenvalue weighted by Gasteiger charge is 2.33. The van der Waals surface area contributed by atoms with Gasteiger partial charge in [0, 0.05) is 5.92 Å². The Morgan fingerprint density at radius 3 is 2.05 bits per heavy atom. The van der Waals surface area contributed by atoms with Gasteiger partial charge in [-0.2, -0.15) is 28.1 Å². The van der Waals surface area contributed by atoms with Crippen molar-refractivity contribution >= 4 is 11.9 Å². The third kappa shape index (κ3) is 3.91. The SMILES string of the molecule is Nc1nc(N)nc(C2CCN(CC(F)(F)F)CC2)n1. The van der Waals surface area contributed by atoms with Gasteiger partial charge in [-0.05, 0) is 25.9 Å². The standard InChI is InChI=1S/C10H15F3N6/c11-10(12,13)5-19-3-1-6(2-4-19)7-16-8(14)18-9(15)17-7/h6H,1-5H2,(H4,14,15,16,17,18). The smallest absolute Gasteiger partial charge is 0.368 e. The topological polar surface area (TPSA) is 93.9 Å². The van der Waals surface area contributed by atoms with Crippen molar-refractivity contribution in [1.82, 2.24) is 19.9 Å². The summed E-state index contributed by atoms with van der Waals surface area (Å²) in [5.41, 5.74) is 11.0. The molecule has 0 bridgehead atoms. The average molecular weight is 276 g/mol. The van der Waals surface area contributed by atoms with E-state index in [0.29, 0.717) is 31.8 Å². The van der Waals surface area contributed by atoms with Crippen LogP contribution >= 0.6 is 0 Å². The number of piperidine rings is 1. The van der Waals surface area contributed by atoms with Gasteiger partial charge in [0.25, 0.3) is 0 Å². The maximum Gasteiger partial charge on any atom is 0.401 e. The van der Waals surface area contributed by atoms with Gasteiger partial charge in [-0.25, -0.2) is 0 Å². The van der Waals surface area contributed by atoms with Crippen molar-refractivity contribution in [1.29, 1.82) is 0 Å². The minimum absolute atomic E-state index is 0.0166. The molecule has 2 heterocycles. The number of alkyl halides is 3. The van der Waals surface area contributed by atoms with E-state index in [0.717, 1.165) is 0 Å². The molecule has 1 aliphatic heterocycles. The Morgan fingerprint density at radius 2 is 1.58 bits per heavy atom. The Bertz CT molecular complexity index is 421. The van der Waals surface area contributed by atoms with Gasteiger partial charge in [0.15, 0.2) is 0 Å². The van der Waals surface area contributed by atoms with E-state index < -0.39 is 12.7 Å². The van der Waals surface area contributed by atoms with Gasteiger partial charge in [-0.3, -0.25) is 4.90 Å². The molecular formula is C10H15F3N6. The molecule has 0 spiro atoms. The number of nitrogens with two attached hydrogens (primary N) is 2. The zero-order chi connectivity index (χ0) is 14.0. The Kier molecular flexibility index (Phi) is 3.74. The number of nitrogens with zero attached hydrogens (tertiary/aromatic N) is 4. The molecule has 1 aromatic heterocycles. The molecule has 0 aromatic carbocycles. The molecule has 19 heavy (non-hydrogen) atoms. The molecule has 1 aliphatic rings. The van der Waals surface area contributed by atoms with Crippen LogP contribution in [0.3, 0.4) is 0 Å². The van der Waals surface area contributed by atoms with Crippen molar-refractivity contribution in [2.24, 2.45) is 0 Å². The summed E-state index contributed by atoms with van der Waals surface area (Å²) in [6, 6.07) is 0. The molecule has 1 saturated heterocycles. The van der Waals surface area contributed by atoms with E-state index in [9.17, 15) is 13.2 Å². The van der Waals surface area contributed by atoms with Gasteiger partial charge in [0.05, 0.1) is 6.54 Å². The van der Waals surface area contributed by atoms with Crippen molar-refractivity contribution in [3.05, 3.63) is 5.82 Å². The molecule has 0 radical (unpaired) electrons.